The van der Waals surface area contributed by atoms with Crippen molar-refractivity contribution in [1.82, 2.24) is 19.1 Å². The number of aromatic amines is 1. The second-order valence-electron chi connectivity index (χ2n) is 4.32. The van der Waals surface area contributed by atoms with Crippen molar-refractivity contribution in [1.29, 1.82) is 0 Å². The zero-order valence-electron chi connectivity index (χ0n) is 10.3. The first-order valence-electron chi connectivity index (χ1n) is 5.85. The Balaban J connectivity index is 2.27. The number of rotatable bonds is 2. The largest absolute Gasteiger partial charge is 0.339 e. The van der Waals surface area contributed by atoms with E-state index in [9.17, 15) is 9.59 Å². The second kappa shape index (κ2) is 4.24. The zero-order valence-corrected chi connectivity index (χ0v) is 10.3. The molecule has 3 aromatic rings. The molecule has 0 aliphatic heterocycles. The van der Waals surface area contributed by atoms with Gasteiger partial charge in [0.25, 0.3) is 5.56 Å². The molecule has 0 fully saturated rings. The van der Waals surface area contributed by atoms with Crippen LogP contribution in [0, 0.1) is 0 Å². The summed E-state index contributed by atoms with van der Waals surface area (Å²) < 4.78 is 2.58. The van der Waals surface area contributed by atoms with Crippen LogP contribution in [-0.2, 0) is 13.6 Å². The van der Waals surface area contributed by atoms with Crippen LogP contribution in [0.2, 0.25) is 0 Å². The van der Waals surface area contributed by atoms with Crippen molar-refractivity contribution < 1.29 is 0 Å². The van der Waals surface area contributed by atoms with E-state index in [1.807, 2.05) is 30.3 Å². The molecular formula is C13H12N4O2. The minimum Gasteiger partial charge on any atom is -0.339 e. The van der Waals surface area contributed by atoms with Crippen LogP contribution in [-0.4, -0.2) is 19.1 Å². The van der Waals surface area contributed by atoms with Crippen molar-refractivity contribution >= 4 is 11.2 Å². The third kappa shape index (κ3) is 1.77. The van der Waals surface area contributed by atoms with Gasteiger partial charge in [0.1, 0.15) is 5.52 Å². The molecule has 3 rings (SSSR count). The Morgan fingerprint density at radius 3 is 2.68 bits per heavy atom. The summed E-state index contributed by atoms with van der Waals surface area (Å²) in [4.78, 5) is 30.9. The fourth-order valence-electron chi connectivity index (χ4n) is 2.08. The lowest BCUT2D eigenvalue weighted by atomic mass is 10.2. The van der Waals surface area contributed by atoms with Gasteiger partial charge in [0.15, 0.2) is 5.65 Å². The molecule has 6 nitrogen and oxygen atoms in total. The molecule has 2 aromatic heterocycles. The molecule has 0 atom stereocenters. The molecular weight excluding hydrogens is 244 g/mol. The van der Waals surface area contributed by atoms with Crippen molar-refractivity contribution in [3.63, 3.8) is 0 Å². The number of imidazole rings is 1. The fourth-order valence-corrected chi connectivity index (χ4v) is 2.08. The minimum atomic E-state index is -0.367. The predicted octanol–water partition coefficient (Wildman–Crippen LogP) is 0.472. The molecule has 0 spiro atoms. The average molecular weight is 256 g/mol. The lowest BCUT2D eigenvalue weighted by Crippen LogP contribution is -2.38. The number of nitrogens with zero attached hydrogens (tertiary/aromatic N) is 3. The van der Waals surface area contributed by atoms with Crippen molar-refractivity contribution in [2.24, 2.45) is 7.05 Å². The van der Waals surface area contributed by atoms with Gasteiger partial charge in [-0.25, -0.2) is 9.78 Å². The third-order valence-electron chi connectivity index (χ3n) is 3.09. The summed E-state index contributed by atoms with van der Waals surface area (Å²) in [6, 6.07) is 9.58. The Hall–Kier alpha value is -2.63. The molecule has 0 amide bonds. The topological polar surface area (TPSA) is 72.7 Å². The van der Waals surface area contributed by atoms with Crippen LogP contribution in [0.5, 0.6) is 0 Å². The maximum atomic E-state index is 12.2. The van der Waals surface area contributed by atoms with Gasteiger partial charge in [-0.15, -0.1) is 0 Å². The van der Waals surface area contributed by atoms with Crippen LogP contribution in [0.25, 0.3) is 11.2 Å². The van der Waals surface area contributed by atoms with Crippen molar-refractivity contribution in [2.45, 2.75) is 6.54 Å². The summed E-state index contributed by atoms with van der Waals surface area (Å²) in [6.45, 7) is 0.384. The Kier molecular flexibility index (Phi) is 2.56. The van der Waals surface area contributed by atoms with E-state index >= 15 is 0 Å². The van der Waals surface area contributed by atoms with Crippen LogP contribution in [0.15, 0.2) is 46.2 Å². The summed E-state index contributed by atoms with van der Waals surface area (Å²) in [5.74, 6) is 0. The van der Waals surface area contributed by atoms with Gasteiger partial charge in [-0.1, -0.05) is 30.3 Å². The van der Waals surface area contributed by atoms with Crippen LogP contribution in [0.1, 0.15) is 5.56 Å². The highest BCUT2D eigenvalue weighted by Gasteiger charge is 2.12. The average Bonchev–Trinajstić information content (AvgIpc) is 2.92. The quantitative estimate of drug-likeness (QED) is 0.724. The van der Waals surface area contributed by atoms with Crippen LogP contribution in [0.3, 0.4) is 0 Å². The lowest BCUT2D eigenvalue weighted by molar-refractivity contribution is 0.669. The van der Waals surface area contributed by atoms with Crippen molar-refractivity contribution in [3.05, 3.63) is 63.1 Å². The Morgan fingerprint density at radius 2 is 1.95 bits per heavy atom. The standard InChI is InChI=1S/C13H12N4O2/c1-16-12(18)10-11(15-8-14-10)17(13(16)19)7-9-5-3-2-4-6-9/h2-6,8H,7H2,1H3,(H,14,15). The van der Waals surface area contributed by atoms with Crippen molar-refractivity contribution in [3.8, 4) is 0 Å². The van der Waals surface area contributed by atoms with Gasteiger partial charge in [0, 0.05) is 7.05 Å². The van der Waals surface area contributed by atoms with Crippen LogP contribution in [0.4, 0.5) is 0 Å². The molecule has 6 heteroatoms. The van der Waals surface area contributed by atoms with E-state index in [1.165, 1.54) is 17.9 Å². The van der Waals surface area contributed by atoms with Gasteiger partial charge in [0.05, 0.1) is 12.9 Å². The van der Waals surface area contributed by atoms with Gasteiger partial charge < -0.3 is 4.98 Å². The lowest BCUT2D eigenvalue weighted by Gasteiger charge is -2.08. The van der Waals surface area contributed by atoms with E-state index in [-0.39, 0.29) is 11.2 Å². The van der Waals surface area contributed by atoms with Crippen molar-refractivity contribution in [2.75, 3.05) is 0 Å². The first-order valence-corrected chi connectivity index (χ1v) is 5.85. The molecule has 1 N–H and O–H groups in total. The Bertz CT molecular complexity index is 842. The number of hydrogen-bond donors (Lipinski definition) is 1. The number of hydrogen-bond acceptors (Lipinski definition) is 3. The predicted molar refractivity (Wildman–Crippen MR) is 71.1 cm³/mol. The van der Waals surface area contributed by atoms with E-state index in [0.29, 0.717) is 17.7 Å². The summed E-state index contributed by atoms with van der Waals surface area (Å²) in [5.41, 5.74) is 0.984. The molecule has 0 unspecified atom stereocenters. The maximum absolute atomic E-state index is 12.2. The van der Waals surface area contributed by atoms with E-state index in [2.05, 4.69) is 9.97 Å². The summed E-state index contributed by atoms with van der Waals surface area (Å²) in [7, 11) is 1.46. The third-order valence-corrected chi connectivity index (χ3v) is 3.09. The highest BCUT2D eigenvalue weighted by molar-refractivity contribution is 5.68. The number of H-pyrrole nitrogens is 1. The molecule has 96 valence electrons. The number of fused-ring (bicyclic) bond motifs is 1. The van der Waals surface area contributed by atoms with E-state index < -0.39 is 0 Å². The van der Waals surface area contributed by atoms with Gasteiger partial charge in [0.2, 0.25) is 0 Å². The van der Waals surface area contributed by atoms with Crippen LogP contribution >= 0.6 is 0 Å². The number of aromatic nitrogens is 4. The second-order valence-corrected chi connectivity index (χ2v) is 4.32. The molecule has 1 aromatic carbocycles. The first-order chi connectivity index (χ1) is 9.18. The first kappa shape index (κ1) is 11.5. The summed E-state index contributed by atoms with van der Waals surface area (Å²) in [6.07, 6.45) is 1.42. The monoisotopic (exact) mass is 256 g/mol. The van der Waals surface area contributed by atoms with Crippen LogP contribution < -0.4 is 11.2 Å². The highest BCUT2D eigenvalue weighted by Crippen LogP contribution is 2.05. The Labute approximate surface area is 108 Å². The Morgan fingerprint density at radius 1 is 1.21 bits per heavy atom. The number of nitrogens with one attached hydrogen (secondary N) is 1. The van der Waals surface area contributed by atoms with Gasteiger partial charge in [-0.2, -0.15) is 0 Å². The normalized spacial score (nSPS) is 11.0. The summed E-state index contributed by atoms with van der Waals surface area (Å²) >= 11 is 0. The minimum absolute atomic E-state index is 0.345. The molecule has 0 bridgehead atoms. The summed E-state index contributed by atoms with van der Waals surface area (Å²) in [5, 5.41) is 0. The fraction of sp³-hybridized carbons (Fsp3) is 0.154. The van der Waals surface area contributed by atoms with E-state index in [4.69, 9.17) is 0 Å². The van der Waals surface area contributed by atoms with E-state index in [1.54, 1.807) is 0 Å². The van der Waals surface area contributed by atoms with E-state index in [0.717, 1.165) is 10.1 Å². The molecule has 0 aliphatic rings. The molecule has 0 aliphatic carbocycles. The molecule has 0 saturated heterocycles. The maximum Gasteiger partial charge on any atom is 0.332 e. The van der Waals surface area contributed by atoms with Gasteiger partial charge in [-0.3, -0.25) is 13.9 Å². The molecule has 0 radical (unpaired) electrons. The molecule has 19 heavy (non-hydrogen) atoms. The van der Waals surface area contributed by atoms with Gasteiger partial charge >= 0.3 is 5.69 Å². The number of benzene rings is 1. The molecule has 2 heterocycles. The zero-order chi connectivity index (χ0) is 13.4. The van der Waals surface area contributed by atoms with Gasteiger partial charge in [-0.05, 0) is 5.56 Å². The molecule has 0 saturated carbocycles. The smallest absolute Gasteiger partial charge is 0.332 e. The SMILES string of the molecule is Cn1c(=O)c2[nH]cnc2n(Cc2ccccc2)c1=O. The highest BCUT2D eigenvalue weighted by atomic mass is 16.2.